The Morgan fingerprint density at radius 3 is 2.93 bits per heavy atom. The lowest BCUT2D eigenvalue weighted by molar-refractivity contribution is 0.475. The quantitative estimate of drug-likeness (QED) is 0.852. The standard InChI is InChI=1S/C12H16BrN/c1-8(2)14-12-7-6-9-10(12)4-3-5-11(9)13/h3-5,8,12,14H,6-7H2,1-2H3. The number of benzene rings is 1. The average Bonchev–Trinajstić information content (AvgIpc) is 2.49. The summed E-state index contributed by atoms with van der Waals surface area (Å²) in [5.41, 5.74) is 2.97. The first-order valence-electron chi connectivity index (χ1n) is 5.22. The molecule has 1 nitrogen and oxygen atoms in total. The van der Waals surface area contributed by atoms with Crippen LogP contribution in [-0.2, 0) is 6.42 Å². The number of rotatable bonds is 2. The predicted molar refractivity (Wildman–Crippen MR) is 63.5 cm³/mol. The third kappa shape index (κ3) is 1.86. The second kappa shape index (κ2) is 4.03. The Bertz CT molecular complexity index is 333. The van der Waals surface area contributed by atoms with E-state index in [1.165, 1.54) is 28.4 Å². The minimum atomic E-state index is 0.558. The first kappa shape index (κ1) is 10.2. The molecule has 0 aliphatic heterocycles. The first-order chi connectivity index (χ1) is 6.68. The van der Waals surface area contributed by atoms with Gasteiger partial charge in [-0.2, -0.15) is 0 Å². The Labute approximate surface area is 94.0 Å². The summed E-state index contributed by atoms with van der Waals surface area (Å²) in [5.74, 6) is 0. The van der Waals surface area contributed by atoms with E-state index in [0.29, 0.717) is 12.1 Å². The molecule has 0 saturated heterocycles. The van der Waals surface area contributed by atoms with Crippen molar-refractivity contribution >= 4 is 15.9 Å². The molecular formula is C12H16BrN. The molecular weight excluding hydrogens is 238 g/mol. The number of hydrogen-bond acceptors (Lipinski definition) is 1. The van der Waals surface area contributed by atoms with E-state index in [2.05, 4.69) is 53.3 Å². The topological polar surface area (TPSA) is 12.0 Å². The fourth-order valence-corrected chi connectivity index (χ4v) is 2.76. The lowest BCUT2D eigenvalue weighted by Gasteiger charge is -2.17. The monoisotopic (exact) mass is 253 g/mol. The van der Waals surface area contributed by atoms with Crippen molar-refractivity contribution in [3.63, 3.8) is 0 Å². The minimum absolute atomic E-state index is 0.558. The second-order valence-electron chi connectivity index (χ2n) is 4.22. The van der Waals surface area contributed by atoms with E-state index in [0.717, 1.165) is 0 Å². The molecule has 14 heavy (non-hydrogen) atoms. The number of nitrogens with one attached hydrogen (secondary N) is 1. The van der Waals surface area contributed by atoms with Gasteiger partial charge in [-0.1, -0.05) is 41.9 Å². The Hall–Kier alpha value is -0.340. The van der Waals surface area contributed by atoms with E-state index in [1.807, 2.05) is 0 Å². The molecule has 0 amide bonds. The predicted octanol–water partition coefficient (Wildman–Crippen LogP) is 3.43. The van der Waals surface area contributed by atoms with Gasteiger partial charge in [-0.15, -0.1) is 0 Å². The highest BCUT2D eigenvalue weighted by Crippen LogP contribution is 2.35. The lowest BCUT2D eigenvalue weighted by atomic mass is 10.1. The maximum atomic E-state index is 3.61. The summed E-state index contributed by atoms with van der Waals surface area (Å²) in [4.78, 5) is 0. The zero-order valence-corrected chi connectivity index (χ0v) is 10.3. The number of halogens is 1. The molecule has 0 radical (unpaired) electrons. The molecule has 0 heterocycles. The van der Waals surface area contributed by atoms with Crippen LogP contribution in [0.25, 0.3) is 0 Å². The number of fused-ring (bicyclic) bond motifs is 1. The summed E-state index contributed by atoms with van der Waals surface area (Å²) in [6, 6.07) is 7.62. The van der Waals surface area contributed by atoms with Crippen LogP contribution in [0, 0.1) is 0 Å². The summed E-state index contributed by atoms with van der Waals surface area (Å²) in [6.45, 7) is 4.41. The van der Waals surface area contributed by atoms with Crippen LogP contribution >= 0.6 is 15.9 Å². The smallest absolute Gasteiger partial charge is 0.0328 e. The molecule has 76 valence electrons. The molecule has 0 fully saturated rings. The Balaban J connectivity index is 2.26. The van der Waals surface area contributed by atoms with Crippen LogP contribution < -0.4 is 5.32 Å². The summed E-state index contributed by atoms with van der Waals surface area (Å²) in [5, 5.41) is 3.60. The zero-order chi connectivity index (χ0) is 10.1. The SMILES string of the molecule is CC(C)NC1CCc2c(Br)cccc21. The molecule has 1 aliphatic carbocycles. The van der Waals surface area contributed by atoms with Crippen molar-refractivity contribution in [2.75, 3.05) is 0 Å². The highest BCUT2D eigenvalue weighted by Gasteiger charge is 2.23. The van der Waals surface area contributed by atoms with E-state index in [4.69, 9.17) is 0 Å². The summed E-state index contributed by atoms with van der Waals surface area (Å²) >= 11 is 3.61. The van der Waals surface area contributed by atoms with Gasteiger partial charge in [-0.05, 0) is 30.0 Å². The molecule has 1 aromatic carbocycles. The van der Waals surface area contributed by atoms with Crippen LogP contribution in [0.3, 0.4) is 0 Å². The van der Waals surface area contributed by atoms with Crippen LogP contribution in [-0.4, -0.2) is 6.04 Å². The van der Waals surface area contributed by atoms with Crippen LogP contribution in [0.4, 0.5) is 0 Å². The summed E-state index contributed by atoms with van der Waals surface area (Å²) in [7, 11) is 0. The molecule has 2 heteroatoms. The summed E-state index contributed by atoms with van der Waals surface area (Å²) < 4.78 is 1.27. The van der Waals surface area contributed by atoms with Crippen molar-refractivity contribution in [3.05, 3.63) is 33.8 Å². The van der Waals surface area contributed by atoms with Gasteiger partial charge in [-0.3, -0.25) is 0 Å². The second-order valence-corrected chi connectivity index (χ2v) is 5.07. The fraction of sp³-hybridized carbons (Fsp3) is 0.500. The van der Waals surface area contributed by atoms with Crippen molar-refractivity contribution in [2.45, 2.75) is 38.8 Å². The van der Waals surface area contributed by atoms with Crippen LogP contribution in [0.1, 0.15) is 37.4 Å². The molecule has 0 bridgehead atoms. The van der Waals surface area contributed by atoms with Gasteiger partial charge in [0.25, 0.3) is 0 Å². The minimum Gasteiger partial charge on any atom is -0.308 e. The van der Waals surface area contributed by atoms with Crippen molar-refractivity contribution in [2.24, 2.45) is 0 Å². The third-order valence-corrected chi connectivity index (χ3v) is 3.49. The lowest BCUT2D eigenvalue weighted by Crippen LogP contribution is -2.26. The van der Waals surface area contributed by atoms with Crippen LogP contribution in [0.2, 0.25) is 0 Å². The van der Waals surface area contributed by atoms with Crippen molar-refractivity contribution in [1.82, 2.24) is 5.32 Å². The molecule has 0 spiro atoms. The van der Waals surface area contributed by atoms with E-state index in [1.54, 1.807) is 0 Å². The molecule has 1 atom stereocenters. The molecule has 1 unspecified atom stereocenters. The third-order valence-electron chi connectivity index (χ3n) is 2.75. The zero-order valence-electron chi connectivity index (χ0n) is 8.68. The maximum absolute atomic E-state index is 3.61. The maximum Gasteiger partial charge on any atom is 0.0328 e. The van der Waals surface area contributed by atoms with Gasteiger partial charge in [-0.25, -0.2) is 0 Å². The normalized spacial score (nSPS) is 20.1. The van der Waals surface area contributed by atoms with Crippen molar-refractivity contribution in [1.29, 1.82) is 0 Å². The van der Waals surface area contributed by atoms with Gasteiger partial charge in [0.15, 0.2) is 0 Å². The van der Waals surface area contributed by atoms with E-state index in [9.17, 15) is 0 Å². The van der Waals surface area contributed by atoms with E-state index in [-0.39, 0.29) is 0 Å². The van der Waals surface area contributed by atoms with Gasteiger partial charge >= 0.3 is 0 Å². The van der Waals surface area contributed by atoms with Crippen LogP contribution in [0.5, 0.6) is 0 Å². The Morgan fingerprint density at radius 2 is 2.21 bits per heavy atom. The van der Waals surface area contributed by atoms with Gasteiger partial charge in [0.05, 0.1) is 0 Å². The highest BCUT2D eigenvalue weighted by molar-refractivity contribution is 9.10. The fourth-order valence-electron chi connectivity index (χ4n) is 2.19. The van der Waals surface area contributed by atoms with Gasteiger partial charge in [0.2, 0.25) is 0 Å². The van der Waals surface area contributed by atoms with Crippen molar-refractivity contribution < 1.29 is 0 Å². The Morgan fingerprint density at radius 1 is 1.43 bits per heavy atom. The molecule has 0 saturated carbocycles. The highest BCUT2D eigenvalue weighted by atomic mass is 79.9. The molecule has 1 aromatic rings. The van der Waals surface area contributed by atoms with Crippen molar-refractivity contribution in [3.8, 4) is 0 Å². The summed E-state index contributed by atoms with van der Waals surface area (Å²) in [6.07, 6.45) is 2.43. The average molecular weight is 254 g/mol. The molecule has 1 aliphatic rings. The first-order valence-corrected chi connectivity index (χ1v) is 6.01. The molecule has 2 rings (SSSR count). The molecule has 1 N–H and O–H groups in total. The van der Waals surface area contributed by atoms with E-state index >= 15 is 0 Å². The van der Waals surface area contributed by atoms with E-state index < -0.39 is 0 Å². The largest absolute Gasteiger partial charge is 0.308 e. The number of hydrogen-bond donors (Lipinski definition) is 1. The Kier molecular flexibility index (Phi) is 2.93. The van der Waals surface area contributed by atoms with Gasteiger partial charge < -0.3 is 5.32 Å². The van der Waals surface area contributed by atoms with Gasteiger partial charge in [0.1, 0.15) is 0 Å². The van der Waals surface area contributed by atoms with Gasteiger partial charge in [0, 0.05) is 16.6 Å². The molecule has 0 aromatic heterocycles. The van der Waals surface area contributed by atoms with Crippen LogP contribution in [0.15, 0.2) is 22.7 Å².